The molecule has 0 aliphatic heterocycles. The Morgan fingerprint density at radius 3 is 2.17 bits per heavy atom. The van der Waals surface area contributed by atoms with E-state index in [0.29, 0.717) is 16.7 Å². The Labute approximate surface area is 145 Å². The molecule has 1 rings (SSSR count). The number of rotatable bonds is 4. The quantitative estimate of drug-likeness (QED) is 0.567. The van der Waals surface area contributed by atoms with Crippen LogP contribution in [0.5, 0.6) is 0 Å². The summed E-state index contributed by atoms with van der Waals surface area (Å²) in [4.78, 5) is 2.05. The Morgan fingerprint density at radius 1 is 1.00 bits per heavy atom. The van der Waals surface area contributed by atoms with Crippen molar-refractivity contribution in [3.8, 4) is 12.1 Å². The van der Waals surface area contributed by atoms with Crippen molar-refractivity contribution in [3.05, 3.63) is 63.4 Å². The van der Waals surface area contributed by atoms with Gasteiger partial charge >= 0.3 is 0 Å². The molecule has 3 heteroatoms. The molecule has 0 aliphatic rings. The van der Waals surface area contributed by atoms with Gasteiger partial charge in [0.05, 0.1) is 17.7 Å². The largest absolute Gasteiger partial charge is 0.351 e. The Hall–Kier alpha value is -2.78. The molecule has 0 amide bonds. The van der Waals surface area contributed by atoms with Crippen LogP contribution in [0.15, 0.2) is 41.1 Å². The predicted octanol–water partition coefficient (Wildman–Crippen LogP) is 5.18. The van der Waals surface area contributed by atoms with Crippen molar-refractivity contribution in [2.75, 3.05) is 11.9 Å². The normalized spacial score (nSPS) is 12.6. The molecule has 24 heavy (non-hydrogen) atoms. The molecule has 1 aromatic carbocycles. The van der Waals surface area contributed by atoms with E-state index in [0.717, 1.165) is 5.69 Å². The minimum absolute atomic E-state index is 0.506. The Morgan fingerprint density at radius 2 is 1.62 bits per heavy atom. The van der Waals surface area contributed by atoms with Gasteiger partial charge in [0.15, 0.2) is 0 Å². The van der Waals surface area contributed by atoms with Gasteiger partial charge in [-0.25, -0.2) is 0 Å². The van der Waals surface area contributed by atoms with Crippen LogP contribution in [-0.4, -0.2) is 7.05 Å². The molecule has 0 N–H and O–H groups in total. The maximum atomic E-state index is 9.26. The lowest BCUT2D eigenvalue weighted by Gasteiger charge is -2.21. The third kappa shape index (κ3) is 4.15. The molecule has 0 aliphatic carbocycles. The summed E-state index contributed by atoms with van der Waals surface area (Å²) >= 11 is 0. The van der Waals surface area contributed by atoms with Crippen LogP contribution in [0.3, 0.4) is 0 Å². The van der Waals surface area contributed by atoms with Crippen LogP contribution in [0.1, 0.15) is 36.1 Å². The van der Waals surface area contributed by atoms with Crippen molar-refractivity contribution in [3.63, 3.8) is 0 Å². The van der Waals surface area contributed by atoms with Crippen LogP contribution >= 0.6 is 0 Å². The topological polar surface area (TPSA) is 50.8 Å². The highest BCUT2D eigenvalue weighted by molar-refractivity contribution is 5.61. The molecule has 0 saturated heterocycles. The number of nitriles is 2. The fourth-order valence-corrected chi connectivity index (χ4v) is 2.44. The molecule has 0 heterocycles. The number of hydrogen-bond acceptors (Lipinski definition) is 3. The first-order valence-electron chi connectivity index (χ1n) is 7.91. The van der Waals surface area contributed by atoms with Crippen molar-refractivity contribution < 1.29 is 0 Å². The lowest BCUT2D eigenvalue weighted by Crippen LogP contribution is -2.11. The molecule has 124 valence electrons. The van der Waals surface area contributed by atoms with Gasteiger partial charge in [-0.2, -0.15) is 10.5 Å². The summed E-state index contributed by atoms with van der Waals surface area (Å²) in [7, 11) is 2.00. The van der Waals surface area contributed by atoms with Gasteiger partial charge in [-0.15, -0.1) is 0 Å². The van der Waals surface area contributed by atoms with Crippen LogP contribution in [-0.2, 0) is 0 Å². The van der Waals surface area contributed by atoms with Gasteiger partial charge in [-0.05, 0) is 87.6 Å². The molecule has 3 nitrogen and oxygen atoms in total. The molecule has 0 saturated carbocycles. The van der Waals surface area contributed by atoms with Crippen LogP contribution in [0.4, 0.5) is 5.69 Å². The van der Waals surface area contributed by atoms with E-state index in [4.69, 9.17) is 5.26 Å². The highest BCUT2D eigenvalue weighted by Crippen LogP contribution is 2.27. The number of anilines is 1. The average Bonchev–Trinajstić information content (AvgIpc) is 2.58. The van der Waals surface area contributed by atoms with E-state index in [1.54, 1.807) is 19.9 Å². The third-order valence-electron chi connectivity index (χ3n) is 4.66. The molecule has 0 bridgehead atoms. The monoisotopic (exact) mass is 319 g/mol. The minimum atomic E-state index is 0.506. The number of aryl methyl sites for hydroxylation is 1. The second kappa shape index (κ2) is 8.18. The standard InChI is InChI=1S/C21H25N3/c1-14-11-21(19(6)18(5)16(14)3)24(7)10-8-9-20(13-23)17(4)15(2)12-22/h8-11H,1-7H3/b10-8?,17-15-,20-9+. The molecule has 0 aromatic heterocycles. The summed E-state index contributed by atoms with van der Waals surface area (Å²) in [6.45, 7) is 12.0. The van der Waals surface area contributed by atoms with E-state index in [1.165, 1.54) is 22.3 Å². The average molecular weight is 319 g/mol. The minimum Gasteiger partial charge on any atom is -0.351 e. The lowest BCUT2D eigenvalue weighted by atomic mass is 9.97. The first-order chi connectivity index (χ1) is 11.2. The number of hydrogen-bond donors (Lipinski definition) is 0. The Balaban J connectivity index is 3.15. The summed E-state index contributed by atoms with van der Waals surface area (Å²) in [5.41, 5.74) is 8.09. The summed E-state index contributed by atoms with van der Waals surface area (Å²) in [5, 5.41) is 18.2. The van der Waals surface area contributed by atoms with E-state index >= 15 is 0 Å². The SMILES string of the molecule is C/C(C#N)=C(C)/C(C#N)=C/C=CN(C)c1cc(C)c(C)c(C)c1C. The van der Waals surface area contributed by atoms with Crippen LogP contribution < -0.4 is 4.90 Å². The van der Waals surface area contributed by atoms with Gasteiger partial charge in [-0.3, -0.25) is 0 Å². The van der Waals surface area contributed by atoms with Gasteiger partial charge < -0.3 is 4.90 Å². The van der Waals surface area contributed by atoms with Gasteiger partial charge in [0.1, 0.15) is 0 Å². The van der Waals surface area contributed by atoms with E-state index in [1.807, 2.05) is 19.3 Å². The number of benzene rings is 1. The van der Waals surface area contributed by atoms with Gasteiger partial charge in [0.2, 0.25) is 0 Å². The summed E-state index contributed by atoms with van der Waals surface area (Å²) in [5.74, 6) is 0. The van der Waals surface area contributed by atoms with E-state index in [-0.39, 0.29) is 0 Å². The van der Waals surface area contributed by atoms with Crippen molar-refractivity contribution in [2.24, 2.45) is 0 Å². The van der Waals surface area contributed by atoms with E-state index < -0.39 is 0 Å². The zero-order chi connectivity index (χ0) is 18.4. The zero-order valence-electron chi connectivity index (χ0n) is 15.7. The van der Waals surface area contributed by atoms with Crippen molar-refractivity contribution in [1.29, 1.82) is 10.5 Å². The first kappa shape index (κ1) is 19.3. The third-order valence-corrected chi connectivity index (χ3v) is 4.66. The number of allylic oxidation sites excluding steroid dienone is 5. The maximum Gasteiger partial charge on any atom is 0.0994 e. The molecular weight excluding hydrogens is 294 g/mol. The van der Waals surface area contributed by atoms with Gasteiger partial charge in [0.25, 0.3) is 0 Å². The van der Waals surface area contributed by atoms with Gasteiger partial charge in [0, 0.05) is 24.5 Å². The second-order valence-electron chi connectivity index (χ2n) is 6.09. The first-order valence-corrected chi connectivity index (χ1v) is 7.91. The lowest BCUT2D eigenvalue weighted by molar-refractivity contribution is 1.13. The maximum absolute atomic E-state index is 9.26. The summed E-state index contributed by atoms with van der Waals surface area (Å²) < 4.78 is 0. The summed E-state index contributed by atoms with van der Waals surface area (Å²) in [6.07, 6.45) is 5.52. The van der Waals surface area contributed by atoms with Crippen LogP contribution in [0.2, 0.25) is 0 Å². The van der Waals surface area contributed by atoms with Crippen molar-refractivity contribution in [2.45, 2.75) is 41.5 Å². The fraction of sp³-hybridized carbons (Fsp3) is 0.333. The Bertz CT molecular complexity index is 809. The second-order valence-corrected chi connectivity index (χ2v) is 6.09. The molecule has 1 aromatic rings. The van der Waals surface area contributed by atoms with Gasteiger partial charge in [-0.1, -0.05) is 0 Å². The smallest absolute Gasteiger partial charge is 0.0994 e. The van der Waals surface area contributed by atoms with Crippen LogP contribution in [0, 0.1) is 50.4 Å². The molecule has 0 spiro atoms. The highest BCUT2D eigenvalue weighted by Gasteiger charge is 2.09. The molecule has 0 unspecified atom stereocenters. The highest BCUT2D eigenvalue weighted by atomic mass is 15.1. The molecule has 0 fully saturated rings. The zero-order valence-corrected chi connectivity index (χ0v) is 15.7. The van der Waals surface area contributed by atoms with E-state index in [2.05, 4.69) is 50.8 Å². The van der Waals surface area contributed by atoms with E-state index in [9.17, 15) is 5.26 Å². The summed E-state index contributed by atoms with van der Waals surface area (Å²) in [6, 6.07) is 6.42. The van der Waals surface area contributed by atoms with Crippen molar-refractivity contribution >= 4 is 5.69 Å². The molecular formula is C21H25N3. The number of nitrogens with zero attached hydrogens (tertiary/aromatic N) is 3. The fourth-order valence-electron chi connectivity index (χ4n) is 2.44. The van der Waals surface area contributed by atoms with Crippen LogP contribution in [0.25, 0.3) is 0 Å². The van der Waals surface area contributed by atoms with Crippen molar-refractivity contribution in [1.82, 2.24) is 0 Å². The Kier molecular flexibility index (Phi) is 6.57. The molecule has 0 radical (unpaired) electrons. The molecule has 0 atom stereocenters. The predicted molar refractivity (Wildman–Crippen MR) is 101 cm³/mol.